The number of carbonyl (C=O) groups is 2. The van der Waals surface area contributed by atoms with Crippen molar-refractivity contribution in [2.24, 2.45) is 10.8 Å². The third-order valence-electron chi connectivity index (χ3n) is 12.7. The molecule has 4 aromatic rings. The molecule has 0 aromatic heterocycles. The minimum Gasteiger partial charge on any atom is -0.291 e. The van der Waals surface area contributed by atoms with E-state index in [1.807, 2.05) is 54.6 Å². The number of nitriles is 2. The Hall–Kier alpha value is -4.00. The third-order valence-corrected chi connectivity index (χ3v) is 20.7. The minimum absolute atomic E-state index is 0.254. The molecule has 238 valence electrons. The lowest BCUT2D eigenvalue weighted by Crippen LogP contribution is -2.62. The van der Waals surface area contributed by atoms with Crippen LogP contribution in [0.1, 0.15) is 69.7 Å². The molecule has 4 aromatic carbocycles. The second kappa shape index (κ2) is 9.79. The van der Waals surface area contributed by atoms with E-state index in [-0.39, 0.29) is 16.6 Å². The monoisotopic (exact) mass is 684 g/mol. The molecule has 7 heteroatoms. The molecule has 4 unspecified atom stereocenters. The summed E-state index contributed by atoms with van der Waals surface area (Å²) in [4.78, 5) is 30.1. The molecule has 4 nitrogen and oxygen atoms in total. The van der Waals surface area contributed by atoms with Gasteiger partial charge in [0.2, 0.25) is 0 Å². The summed E-state index contributed by atoms with van der Waals surface area (Å²) in [6, 6.07) is 29.3. The summed E-state index contributed by atoms with van der Waals surface area (Å²) in [6.45, 7) is 13.8. The normalized spacial score (nSPS) is 27.2. The zero-order chi connectivity index (χ0) is 34.3. The third kappa shape index (κ3) is 2.90. The average Bonchev–Trinajstić information content (AvgIpc) is 3.63. The lowest BCUT2D eigenvalue weighted by Gasteiger charge is -2.50. The van der Waals surface area contributed by atoms with Crippen LogP contribution in [-0.4, -0.2) is 19.6 Å². The Morgan fingerprint density at radius 2 is 1.21 bits per heavy atom. The summed E-state index contributed by atoms with van der Waals surface area (Å²) in [5, 5.41) is 27.3. The number of carbonyl (C=O) groups excluding carboxylic acids is 2. The van der Waals surface area contributed by atoms with E-state index in [4.69, 9.17) is 23.2 Å². The standard InChI is InChI=1S/C41H34Cl2N2O2Si/c1-21(2)48(22(3)4,23(5)6)36-29-18-16-25-12-8-10-14-27(25)31(29)41-30-26-13-9-7-11-24(26)15-17-28(30)32(33(36)41)39(19-44)37(46)34(42)35(43)38(47)40(39,41)20-45/h7-18,21-23,32H,1-6H3. The summed E-state index contributed by atoms with van der Waals surface area (Å²) >= 11 is 13.4. The van der Waals surface area contributed by atoms with Gasteiger partial charge in [-0.05, 0) is 71.2 Å². The Bertz CT molecular complexity index is 2340. The SMILES string of the molecule is CC(C)[Si](C1=C2C3c4ccc5ccccc5c4C2(c2c1ccc1ccccc21)C1(C#N)C(=O)C(Cl)=C(Cl)C(=O)C31C#N)(C(C)C)C(C)C. The molecule has 0 spiro atoms. The number of halogens is 2. The van der Waals surface area contributed by atoms with Gasteiger partial charge in [0.1, 0.15) is 10.1 Å². The molecular formula is C41H34Cl2N2O2Si. The molecule has 0 radical (unpaired) electrons. The molecule has 4 aliphatic carbocycles. The highest BCUT2D eigenvalue weighted by Gasteiger charge is 2.89. The molecular weight excluding hydrogens is 651 g/mol. The smallest absolute Gasteiger partial charge is 0.199 e. The van der Waals surface area contributed by atoms with Gasteiger partial charge in [0.15, 0.2) is 22.4 Å². The van der Waals surface area contributed by atoms with Gasteiger partial charge >= 0.3 is 0 Å². The van der Waals surface area contributed by atoms with Gasteiger partial charge in [-0.1, -0.05) is 138 Å². The maximum Gasteiger partial charge on any atom is 0.199 e. The fraction of sp³-hybridized carbons (Fsp3) is 0.317. The van der Waals surface area contributed by atoms with E-state index in [0.717, 1.165) is 49.4 Å². The largest absolute Gasteiger partial charge is 0.291 e. The zero-order valence-electron chi connectivity index (χ0n) is 27.7. The first kappa shape index (κ1) is 31.3. The second-order valence-electron chi connectivity index (χ2n) is 14.9. The fourth-order valence-electron chi connectivity index (χ4n) is 11.6. The van der Waals surface area contributed by atoms with Crippen LogP contribution in [0.15, 0.2) is 88.4 Å². The number of hydrogen-bond acceptors (Lipinski definition) is 4. The van der Waals surface area contributed by atoms with Crippen molar-refractivity contribution < 1.29 is 9.59 Å². The molecule has 1 fully saturated rings. The lowest BCUT2D eigenvalue weighted by molar-refractivity contribution is -0.139. The van der Waals surface area contributed by atoms with Crippen LogP contribution in [0.25, 0.3) is 26.7 Å². The zero-order valence-corrected chi connectivity index (χ0v) is 30.2. The van der Waals surface area contributed by atoms with Crippen LogP contribution in [0.3, 0.4) is 0 Å². The van der Waals surface area contributed by atoms with Crippen LogP contribution in [0.4, 0.5) is 0 Å². The number of benzene rings is 4. The highest BCUT2D eigenvalue weighted by Crippen LogP contribution is 2.85. The van der Waals surface area contributed by atoms with E-state index in [9.17, 15) is 15.3 Å². The molecule has 0 heterocycles. The van der Waals surface area contributed by atoms with Crippen LogP contribution in [0.2, 0.25) is 16.6 Å². The summed E-state index contributed by atoms with van der Waals surface area (Å²) in [7, 11) is -2.65. The minimum atomic E-state index is -2.65. The van der Waals surface area contributed by atoms with Crippen LogP contribution >= 0.6 is 23.2 Å². The Morgan fingerprint density at radius 1 is 0.688 bits per heavy atom. The number of nitrogens with zero attached hydrogens (tertiary/aromatic N) is 2. The van der Waals surface area contributed by atoms with E-state index in [2.05, 4.69) is 71.9 Å². The summed E-state index contributed by atoms with van der Waals surface area (Å²) < 4.78 is 0. The summed E-state index contributed by atoms with van der Waals surface area (Å²) in [5.74, 6) is -2.36. The number of hydrogen-bond donors (Lipinski definition) is 0. The van der Waals surface area contributed by atoms with Crippen molar-refractivity contribution >= 4 is 69.6 Å². The molecule has 4 aliphatic rings. The Morgan fingerprint density at radius 3 is 1.75 bits per heavy atom. The molecule has 1 saturated carbocycles. The van der Waals surface area contributed by atoms with Crippen molar-refractivity contribution in [1.29, 1.82) is 10.5 Å². The van der Waals surface area contributed by atoms with Gasteiger partial charge in [0.05, 0.1) is 25.6 Å². The van der Waals surface area contributed by atoms with E-state index >= 15 is 4.79 Å². The first-order valence-corrected chi connectivity index (χ1v) is 19.6. The van der Waals surface area contributed by atoms with Crippen LogP contribution < -0.4 is 0 Å². The van der Waals surface area contributed by atoms with E-state index < -0.39 is 51.9 Å². The molecule has 8 rings (SSSR count). The van der Waals surface area contributed by atoms with Crippen LogP contribution in [-0.2, 0) is 15.0 Å². The Balaban J connectivity index is 1.78. The van der Waals surface area contributed by atoms with E-state index in [1.54, 1.807) is 0 Å². The average molecular weight is 686 g/mol. The van der Waals surface area contributed by atoms with Gasteiger partial charge in [-0.15, -0.1) is 0 Å². The predicted octanol–water partition coefficient (Wildman–Crippen LogP) is 10.2. The highest BCUT2D eigenvalue weighted by molar-refractivity contribution is 7.00. The summed E-state index contributed by atoms with van der Waals surface area (Å²) in [5.41, 5.74) is -0.626. The van der Waals surface area contributed by atoms with Crippen molar-refractivity contribution in [3.05, 3.63) is 111 Å². The van der Waals surface area contributed by atoms with Gasteiger partial charge in [-0.25, -0.2) is 0 Å². The topological polar surface area (TPSA) is 81.7 Å². The first-order chi connectivity index (χ1) is 22.9. The maximum atomic E-state index is 15.2. The van der Waals surface area contributed by atoms with Gasteiger partial charge in [-0.2, -0.15) is 10.5 Å². The van der Waals surface area contributed by atoms with Crippen molar-refractivity contribution in [2.45, 2.75) is 69.5 Å². The van der Waals surface area contributed by atoms with Crippen molar-refractivity contribution in [1.82, 2.24) is 0 Å². The first-order valence-electron chi connectivity index (χ1n) is 16.7. The number of allylic oxidation sites excluding steroid dienone is 3. The predicted molar refractivity (Wildman–Crippen MR) is 194 cm³/mol. The Kier molecular flexibility index (Phi) is 6.38. The number of Topliss-reactive ketones (excluding diaryl/α,β-unsaturated/α-hetero) is 2. The molecule has 4 atom stereocenters. The van der Waals surface area contributed by atoms with Gasteiger partial charge in [0.25, 0.3) is 0 Å². The fourth-order valence-corrected chi connectivity index (χ4v) is 19.2. The number of rotatable bonds is 4. The number of fused-ring (bicyclic) bond motifs is 9. The van der Waals surface area contributed by atoms with E-state index in [0.29, 0.717) is 0 Å². The molecule has 0 saturated heterocycles. The van der Waals surface area contributed by atoms with Gasteiger partial charge < -0.3 is 0 Å². The van der Waals surface area contributed by atoms with Crippen molar-refractivity contribution in [3.63, 3.8) is 0 Å². The highest BCUT2D eigenvalue weighted by atomic mass is 35.5. The van der Waals surface area contributed by atoms with Crippen molar-refractivity contribution in [3.8, 4) is 12.1 Å². The van der Waals surface area contributed by atoms with Crippen molar-refractivity contribution in [2.75, 3.05) is 0 Å². The molecule has 48 heavy (non-hydrogen) atoms. The van der Waals surface area contributed by atoms with E-state index in [1.165, 1.54) is 5.20 Å². The molecule has 2 bridgehead atoms. The number of ketones is 2. The molecule has 0 amide bonds. The van der Waals surface area contributed by atoms with Gasteiger partial charge in [-0.3, -0.25) is 9.59 Å². The molecule has 0 aliphatic heterocycles. The second-order valence-corrected chi connectivity index (χ2v) is 21.5. The summed E-state index contributed by atoms with van der Waals surface area (Å²) in [6.07, 6.45) is 0. The quantitative estimate of drug-likeness (QED) is 0.200. The van der Waals surface area contributed by atoms with Crippen LogP contribution in [0, 0.1) is 33.5 Å². The van der Waals surface area contributed by atoms with Crippen LogP contribution in [0.5, 0.6) is 0 Å². The maximum absolute atomic E-state index is 15.2. The Labute approximate surface area is 291 Å². The molecule has 0 N–H and O–H groups in total. The lowest BCUT2D eigenvalue weighted by atomic mass is 9.44. The van der Waals surface area contributed by atoms with Gasteiger partial charge in [0, 0.05) is 5.92 Å².